The predicted molar refractivity (Wildman–Crippen MR) is 85.7 cm³/mol. The van der Waals surface area contributed by atoms with E-state index in [1.807, 2.05) is 11.9 Å². The van der Waals surface area contributed by atoms with Crippen LogP contribution in [0.4, 0.5) is 8.78 Å². The highest BCUT2D eigenvalue weighted by molar-refractivity contribution is 5.60. The zero-order valence-corrected chi connectivity index (χ0v) is 14.4. The summed E-state index contributed by atoms with van der Waals surface area (Å²) in [6.07, 6.45) is 0.900. The van der Waals surface area contributed by atoms with Crippen LogP contribution in [-0.2, 0) is 11.3 Å². The number of methoxy groups -OCH3 is 2. The lowest BCUT2D eigenvalue weighted by Gasteiger charge is -2.13. The molecule has 1 heterocycles. The highest BCUT2D eigenvalue weighted by Gasteiger charge is 2.15. The number of aromatic nitrogens is 2. The summed E-state index contributed by atoms with van der Waals surface area (Å²) in [6.45, 7) is -0.906. The molecule has 0 bridgehead atoms. The molecule has 0 N–H and O–H groups in total. The fraction of sp³-hybridized carbons (Fsp3) is 0.500. The van der Waals surface area contributed by atoms with Crippen LogP contribution in [0.25, 0.3) is 11.4 Å². The molecule has 0 saturated carbocycles. The number of nitrogens with zero attached hydrogens (tertiary/aromatic N) is 3. The SMILES string of the molecule is COCCCN(C)Cc1nc(-c2ccc(OC(F)F)c(OC)c2)no1. The molecule has 1 aromatic carbocycles. The number of alkyl halides is 2. The van der Waals surface area contributed by atoms with Crippen molar-refractivity contribution >= 4 is 0 Å². The zero-order chi connectivity index (χ0) is 18.2. The molecular formula is C16H21F2N3O4. The smallest absolute Gasteiger partial charge is 0.387 e. The van der Waals surface area contributed by atoms with Gasteiger partial charge in [0.2, 0.25) is 11.7 Å². The molecule has 0 fully saturated rings. The lowest BCUT2D eigenvalue weighted by Crippen LogP contribution is -2.20. The minimum atomic E-state index is -2.93. The Morgan fingerprint density at radius 1 is 1.24 bits per heavy atom. The van der Waals surface area contributed by atoms with Crippen molar-refractivity contribution in [2.75, 3.05) is 34.4 Å². The van der Waals surface area contributed by atoms with Gasteiger partial charge in [-0.2, -0.15) is 13.8 Å². The molecule has 0 spiro atoms. The first-order valence-corrected chi connectivity index (χ1v) is 7.66. The number of rotatable bonds is 10. The van der Waals surface area contributed by atoms with Crippen LogP contribution >= 0.6 is 0 Å². The molecule has 0 atom stereocenters. The van der Waals surface area contributed by atoms with E-state index in [1.165, 1.54) is 19.2 Å². The highest BCUT2D eigenvalue weighted by Crippen LogP contribution is 2.32. The van der Waals surface area contributed by atoms with Crippen molar-refractivity contribution in [2.45, 2.75) is 19.6 Å². The Balaban J connectivity index is 2.06. The third-order valence-corrected chi connectivity index (χ3v) is 3.40. The van der Waals surface area contributed by atoms with E-state index in [2.05, 4.69) is 14.9 Å². The summed E-state index contributed by atoms with van der Waals surface area (Å²) < 4.78 is 44.4. The van der Waals surface area contributed by atoms with Crippen molar-refractivity contribution in [3.8, 4) is 22.9 Å². The summed E-state index contributed by atoms with van der Waals surface area (Å²) >= 11 is 0. The van der Waals surface area contributed by atoms with E-state index in [-0.39, 0.29) is 11.5 Å². The van der Waals surface area contributed by atoms with Gasteiger partial charge in [-0.05, 0) is 31.7 Å². The predicted octanol–water partition coefficient (Wildman–Crippen LogP) is 2.81. The second-order valence-electron chi connectivity index (χ2n) is 5.34. The molecule has 138 valence electrons. The summed E-state index contributed by atoms with van der Waals surface area (Å²) in [5.41, 5.74) is 0.579. The fourth-order valence-corrected chi connectivity index (χ4v) is 2.23. The van der Waals surface area contributed by atoms with Gasteiger partial charge < -0.3 is 18.7 Å². The van der Waals surface area contributed by atoms with Gasteiger partial charge in [0.1, 0.15) is 0 Å². The van der Waals surface area contributed by atoms with Crippen LogP contribution in [0, 0.1) is 0 Å². The van der Waals surface area contributed by atoms with Crippen molar-refractivity contribution in [3.05, 3.63) is 24.1 Å². The van der Waals surface area contributed by atoms with E-state index in [9.17, 15) is 8.78 Å². The first-order valence-electron chi connectivity index (χ1n) is 7.66. The Morgan fingerprint density at radius 2 is 2.04 bits per heavy atom. The first-order chi connectivity index (χ1) is 12.0. The molecule has 0 aliphatic carbocycles. The largest absolute Gasteiger partial charge is 0.493 e. The molecule has 2 aromatic rings. The van der Waals surface area contributed by atoms with Gasteiger partial charge in [0, 0.05) is 25.8 Å². The quantitative estimate of drug-likeness (QED) is 0.606. The average Bonchev–Trinajstić information content (AvgIpc) is 3.03. The van der Waals surface area contributed by atoms with Gasteiger partial charge in [0.25, 0.3) is 0 Å². The van der Waals surface area contributed by atoms with Crippen LogP contribution in [0.15, 0.2) is 22.7 Å². The number of ether oxygens (including phenoxy) is 3. The van der Waals surface area contributed by atoms with Crippen LogP contribution in [0.2, 0.25) is 0 Å². The molecule has 0 aliphatic heterocycles. The lowest BCUT2D eigenvalue weighted by molar-refractivity contribution is -0.0512. The molecule has 0 aliphatic rings. The summed E-state index contributed by atoms with van der Waals surface area (Å²) in [6, 6.07) is 4.47. The molecule has 25 heavy (non-hydrogen) atoms. The Labute approximate surface area is 144 Å². The van der Waals surface area contributed by atoms with Crippen LogP contribution in [0.3, 0.4) is 0 Å². The normalized spacial score (nSPS) is 11.3. The van der Waals surface area contributed by atoms with E-state index in [4.69, 9.17) is 14.0 Å². The summed E-state index contributed by atoms with van der Waals surface area (Å²) in [7, 11) is 4.98. The maximum Gasteiger partial charge on any atom is 0.387 e. The van der Waals surface area contributed by atoms with Crippen molar-refractivity contribution < 1.29 is 27.5 Å². The van der Waals surface area contributed by atoms with Gasteiger partial charge in [0.15, 0.2) is 11.5 Å². The maximum absolute atomic E-state index is 12.4. The number of benzene rings is 1. The molecule has 9 heteroatoms. The van der Waals surface area contributed by atoms with Gasteiger partial charge in [-0.25, -0.2) is 0 Å². The van der Waals surface area contributed by atoms with Crippen molar-refractivity contribution in [1.82, 2.24) is 15.0 Å². The second kappa shape index (κ2) is 9.28. The molecule has 1 aromatic heterocycles. The van der Waals surface area contributed by atoms with E-state index in [1.54, 1.807) is 13.2 Å². The van der Waals surface area contributed by atoms with Gasteiger partial charge >= 0.3 is 6.61 Å². The third kappa shape index (κ3) is 5.64. The lowest BCUT2D eigenvalue weighted by atomic mass is 10.2. The summed E-state index contributed by atoms with van der Waals surface area (Å²) in [5, 5.41) is 3.92. The van der Waals surface area contributed by atoms with Crippen LogP contribution in [0.1, 0.15) is 12.3 Å². The van der Waals surface area contributed by atoms with E-state index in [0.717, 1.165) is 13.0 Å². The van der Waals surface area contributed by atoms with E-state index < -0.39 is 6.61 Å². The van der Waals surface area contributed by atoms with Gasteiger partial charge in [-0.3, -0.25) is 4.90 Å². The topological polar surface area (TPSA) is 69.9 Å². The monoisotopic (exact) mass is 357 g/mol. The molecule has 0 saturated heterocycles. The van der Waals surface area contributed by atoms with Gasteiger partial charge in [-0.1, -0.05) is 5.16 Å². The standard InChI is InChI=1S/C16H21F2N3O4/c1-21(7-4-8-22-2)10-14-19-15(20-25-14)11-5-6-12(24-16(17)18)13(9-11)23-3/h5-6,9,16H,4,7-8,10H2,1-3H3. The van der Waals surface area contributed by atoms with E-state index in [0.29, 0.717) is 30.4 Å². The van der Waals surface area contributed by atoms with Crippen LogP contribution < -0.4 is 9.47 Å². The molecule has 0 radical (unpaired) electrons. The van der Waals surface area contributed by atoms with Crippen LogP contribution in [-0.4, -0.2) is 56.1 Å². The minimum Gasteiger partial charge on any atom is -0.493 e. The summed E-state index contributed by atoms with van der Waals surface area (Å²) in [5.74, 6) is 0.924. The Hall–Kier alpha value is -2.26. The number of hydrogen-bond acceptors (Lipinski definition) is 7. The molecule has 2 rings (SSSR count). The third-order valence-electron chi connectivity index (χ3n) is 3.40. The van der Waals surface area contributed by atoms with Crippen molar-refractivity contribution in [3.63, 3.8) is 0 Å². The van der Waals surface area contributed by atoms with Crippen LogP contribution in [0.5, 0.6) is 11.5 Å². The maximum atomic E-state index is 12.4. The number of halogens is 2. The fourth-order valence-electron chi connectivity index (χ4n) is 2.23. The zero-order valence-electron chi connectivity index (χ0n) is 14.4. The molecular weight excluding hydrogens is 336 g/mol. The van der Waals surface area contributed by atoms with Gasteiger partial charge in [-0.15, -0.1) is 0 Å². The average molecular weight is 357 g/mol. The molecule has 0 unspecified atom stereocenters. The van der Waals surface area contributed by atoms with Crippen molar-refractivity contribution in [2.24, 2.45) is 0 Å². The second-order valence-corrected chi connectivity index (χ2v) is 5.34. The van der Waals surface area contributed by atoms with E-state index >= 15 is 0 Å². The minimum absolute atomic E-state index is 0.0529. The Morgan fingerprint density at radius 3 is 2.72 bits per heavy atom. The Kier molecular flexibility index (Phi) is 7.08. The number of hydrogen-bond donors (Lipinski definition) is 0. The highest BCUT2D eigenvalue weighted by atomic mass is 19.3. The summed E-state index contributed by atoms with van der Waals surface area (Å²) in [4.78, 5) is 6.36. The van der Waals surface area contributed by atoms with Crippen molar-refractivity contribution in [1.29, 1.82) is 0 Å². The Bertz CT molecular complexity index is 667. The molecule has 7 nitrogen and oxygen atoms in total. The first kappa shape index (κ1) is 19.1. The molecule has 0 amide bonds. The van der Waals surface area contributed by atoms with Gasteiger partial charge in [0.05, 0.1) is 13.7 Å².